The number of nitrogens with one attached hydrogen (secondary N) is 2. The highest BCUT2D eigenvalue weighted by atomic mass is 79.9. The van der Waals surface area contributed by atoms with Gasteiger partial charge in [-0.1, -0.05) is 33.6 Å². The van der Waals surface area contributed by atoms with Crippen molar-refractivity contribution in [3.63, 3.8) is 0 Å². The van der Waals surface area contributed by atoms with Gasteiger partial charge in [0.25, 0.3) is 10.0 Å². The first-order valence-electron chi connectivity index (χ1n) is 5.75. The molecule has 0 saturated heterocycles. The Bertz CT molecular complexity index is 783. The molecule has 21 heavy (non-hydrogen) atoms. The molecule has 4 N–H and O–H groups in total. The third-order valence-corrected chi connectivity index (χ3v) is 5.25. The molecule has 1 heterocycles. The van der Waals surface area contributed by atoms with Crippen LogP contribution in [0, 0.1) is 6.92 Å². The fourth-order valence-electron chi connectivity index (χ4n) is 1.60. The van der Waals surface area contributed by atoms with Gasteiger partial charge in [-0.3, -0.25) is 4.72 Å². The molecule has 0 atom stereocenters. The number of aromatic nitrogens is 1. The summed E-state index contributed by atoms with van der Waals surface area (Å²) in [6.07, 6.45) is 1.18. The van der Waals surface area contributed by atoms with E-state index >= 15 is 0 Å². The summed E-state index contributed by atoms with van der Waals surface area (Å²) in [7, 11) is -3.79. The highest BCUT2D eigenvalue weighted by Gasteiger charge is 2.18. The lowest BCUT2D eigenvalue weighted by molar-refractivity contribution is 0.601. The maximum absolute atomic E-state index is 12.3. The van der Waals surface area contributed by atoms with Crippen molar-refractivity contribution in [1.82, 2.24) is 4.98 Å². The summed E-state index contributed by atoms with van der Waals surface area (Å²) < 4.78 is 28.0. The van der Waals surface area contributed by atoms with Gasteiger partial charge in [0, 0.05) is 10.7 Å². The van der Waals surface area contributed by atoms with Crippen molar-refractivity contribution in [3.8, 4) is 0 Å². The van der Waals surface area contributed by atoms with Gasteiger partial charge in [0.05, 0.1) is 10.7 Å². The Morgan fingerprint density at radius 1 is 1.38 bits per heavy atom. The number of hydrogen-bond donors (Lipinski definition) is 3. The van der Waals surface area contributed by atoms with E-state index in [4.69, 9.17) is 17.4 Å². The molecule has 0 aliphatic rings. The van der Waals surface area contributed by atoms with Gasteiger partial charge in [0.15, 0.2) is 5.82 Å². The van der Waals surface area contributed by atoms with E-state index in [0.717, 1.165) is 10.0 Å². The molecule has 0 saturated carbocycles. The van der Waals surface area contributed by atoms with Crippen molar-refractivity contribution in [2.45, 2.75) is 11.8 Å². The van der Waals surface area contributed by atoms with E-state index in [-0.39, 0.29) is 15.7 Å². The summed E-state index contributed by atoms with van der Waals surface area (Å²) in [5.74, 6) is 5.41. The molecule has 1 aromatic heterocycles. The Kier molecular flexibility index (Phi) is 4.72. The molecular formula is C12H12BrClN4O2S. The lowest BCUT2D eigenvalue weighted by atomic mass is 10.2. The van der Waals surface area contributed by atoms with E-state index in [1.807, 2.05) is 6.07 Å². The molecule has 1 aromatic carbocycles. The number of pyridine rings is 1. The Hall–Kier alpha value is -1.35. The van der Waals surface area contributed by atoms with E-state index in [1.165, 1.54) is 12.3 Å². The van der Waals surface area contributed by atoms with Crippen LogP contribution in [0.2, 0.25) is 5.02 Å². The Labute approximate surface area is 135 Å². The first kappa shape index (κ1) is 16.0. The predicted molar refractivity (Wildman–Crippen MR) is 86.7 cm³/mol. The summed E-state index contributed by atoms with van der Waals surface area (Å²) in [5.41, 5.74) is 3.53. The zero-order chi connectivity index (χ0) is 15.6. The first-order valence-corrected chi connectivity index (χ1v) is 8.40. The number of sulfonamides is 1. The highest BCUT2D eigenvalue weighted by molar-refractivity contribution is 9.10. The number of hydrogen-bond acceptors (Lipinski definition) is 5. The van der Waals surface area contributed by atoms with Crippen LogP contribution in [0.15, 0.2) is 39.8 Å². The van der Waals surface area contributed by atoms with Crippen LogP contribution < -0.4 is 16.0 Å². The van der Waals surface area contributed by atoms with Gasteiger partial charge in [-0.05, 0) is 30.7 Å². The van der Waals surface area contributed by atoms with Crippen molar-refractivity contribution >= 4 is 49.1 Å². The Morgan fingerprint density at radius 2 is 2.10 bits per heavy atom. The van der Waals surface area contributed by atoms with Gasteiger partial charge >= 0.3 is 0 Å². The highest BCUT2D eigenvalue weighted by Crippen LogP contribution is 2.27. The van der Waals surface area contributed by atoms with Crippen molar-refractivity contribution in [1.29, 1.82) is 0 Å². The van der Waals surface area contributed by atoms with Gasteiger partial charge < -0.3 is 5.43 Å². The average molecular weight is 392 g/mol. The second-order valence-corrected chi connectivity index (χ2v) is 7.11. The van der Waals surface area contributed by atoms with E-state index < -0.39 is 10.0 Å². The fraction of sp³-hybridized carbons (Fsp3) is 0.0833. The van der Waals surface area contributed by atoms with Crippen LogP contribution in [-0.2, 0) is 10.0 Å². The normalized spacial score (nSPS) is 11.2. The Balaban J connectivity index is 2.39. The number of halogens is 2. The molecule has 0 fully saturated rings. The predicted octanol–water partition coefficient (Wildman–Crippen LogP) is 2.89. The maximum Gasteiger partial charge on any atom is 0.263 e. The van der Waals surface area contributed by atoms with Crippen LogP contribution >= 0.6 is 27.5 Å². The second kappa shape index (κ2) is 6.18. The van der Waals surface area contributed by atoms with Crippen molar-refractivity contribution in [2.75, 3.05) is 10.1 Å². The topological polar surface area (TPSA) is 97.1 Å². The number of rotatable bonds is 4. The SMILES string of the molecule is Cc1c(Br)cccc1NS(=O)(=O)c1cnc(NN)c(Cl)c1. The van der Waals surface area contributed by atoms with Gasteiger partial charge in [0.1, 0.15) is 4.90 Å². The lowest BCUT2D eigenvalue weighted by Crippen LogP contribution is -2.15. The third-order valence-electron chi connectivity index (χ3n) is 2.78. The second-order valence-electron chi connectivity index (χ2n) is 4.16. The molecule has 2 aromatic rings. The van der Waals surface area contributed by atoms with Gasteiger partial charge in [0.2, 0.25) is 0 Å². The molecule has 2 rings (SSSR count). The number of nitrogens with zero attached hydrogens (tertiary/aromatic N) is 1. The fourth-order valence-corrected chi connectivity index (χ4v) is 3.34. The van der Waals surface area contributed by atoms with Gasteiger partial charge in [-0.2, -0.15) is 0 Å². The summed E-state index contributed by atoms with van der Waals surface area (Å²) in [6, 6.07) is 6.51. The molecule has 0 amide bonds. The molecule has 6 nitrogen and oxygen atoms in total. The van der Waals surface area contributed by atoms with Crippen LogP contribution in [0.25, 0.3) is 0 Å². The van der Waals surface area contributed by atoms with E-state index in [9.17, 15) is 8.42 Å². The third kappa shape index (κ3) is 3.46. The summed E-state index contributed by atoms with van der Waals surface area (Å²) in [5, 5.41) is 0.117. The van der Waals surface area contributed by atoms with Crippen LogP contribution in [0.3, 0.4) is 0 Å². The van der Waals surface area contributed by atoms with E-state index in [0.29, 0.717) is 5.69 Å². The molecule has 0 bridgehead atoms. The molecule has 0 unspecified atom stereocenters. The molecule has 0 radical (unpaired) electrons. The lowest BCUT2D eigenvalue weighted by Gasteiger charge is -2.12. The number of anilines is 2. The number of benzene rings is 1. The smallest absolute Gasteiger partial charge is 0.263 e. The standard InChI is InChI=1S/C12H12BrClN4O2S/c1-7-9(13)3-2-4-11(7)18-21(19,20)8-5-10(14)12(17-15)16-6-8/h2-6,18H,15H2,1H3,(H,16,17). The minimum Gasteiger partial charge on any atom is -0.307 e. The maximum atomic E-state index is 12.3. The molecule has 112 valence electrons. The van der Waals surface area contributed by atoms with Crippen LogP contribution in [0.4, 0.5) is 11.5 Å². The van der Waals surface area contributed by atoms with Gasteiger partial charge in [-0.15, -0.1) is 0 Å². The van der Waals surface area contributed by atoms with Crippen LogP contribution in [0.5, 0.6) is 0 Å². The Morgan fingerprint density at radius 3 is 2.71 bits per heavy atom. The van der Waals surface area contributed by atoms with Crippen molar-refractivity contribution in [3.05, 3.63) is 45.5 Å². The molecule has 9 heteroatoms. The number of nitrogens with two attached hydrogens (primary N) is 1. The zero-order valence-corrected chi connectivity index (χ0v) is 14.1. The largest absolute Gasteiger partial charge is 0.307 e. The van der Waals surface area contributed by atoms with Crippen molar-refractivity contribution in [2.24, 2.45) is 5.84 Å². The van der Waals surface area contributed by atoms with Gasteiger partial charge in [-0.25, -0.2) is 19.2 Å². The molecular weight excluding hydrogens is 380 g/mol. The molecule has 0 aliphatic carbocycles. The minimum absolute atomic E-state index is 0.0501. The van der Waals surface area contributed by atoms with Crippen LogP contribution in [-0.4, -0.2) is 13.4 Å². The molecule has 0 spiro atoms. The first-order chi connectivity index (χ1) is 9.85. The zero-order valence-electron chi connectivity index (χ0n) is 10.9. The van der Waals surface area contributed by atoms with Crippen molar-refractivity contribution < 1.29 is 8.42 Å². The van der Waals surface area contributed by atoms with E-state index in [2.05, 4.69) is 31.1 Å². The summed E-state index contributed by atoms with van der Waals surface area (Å²) >= 11 is 9.24. The minimum atomic E-state index is -3.79. The average Bonchev–Trinajstić information content (AvgIpc) is 2.43. The summed E-state index contributed by atoms with van der Waals surface area (Å²) in [4.78, 5) is 3.80. The monoisotopic (exact) mass is 390 g/mol. The number of nitrogen functional groups attached to an aromatic ring is 1. The quantitative estimate of drug-likeness (QED) is 0.550. The summed E-state index contributed by atoms with van der Waals surface area (Å²) in [6.45, 7) is 1.80. The van der Waals surface area contributed by atoms with E-state index in [1.54, 1.807) is 19.1 Å². The molecule has 0 aliphatic heterocycles. The number of hydrazine groups is 1. The van der Waals surface area contributed by atoms with Crippen LogP contribution in [0.1, 0.15) is 5.56 Å².